The van der Waals surface area contributed by atoms with Crippen molar-refractivity contribution in [3.63, 3.8) is 0 Å². The second kappa shape index (κ2) is 4.92. The molecule has 0 amide bonds. The molecule has 0 spiro atoms. The lowest BCUT2D eigenvalue weighted by atomic mass is 9.85. The van der Waals surface area contributed by atoms with Gasteiger partial charge in [0.2, 0.25) is 0 Å². The Hall–Kier alpha value is -1.14. The van der Waals surface area contributed by atoms with Crippen molar-refractivity contribution in [3.8, 4) is 0 Å². The van der Waals surface area contributed by atoms with Crippen LogP contribution in [-0.4, -0.2) is 44.6 Å². The molecule has 2 atom stereocenters. The summed E-state index contributed by atoms with van der Waals surface area (Å²) in [5.41, 5.74) is 0. The Kier molecular flexibility index (Phi) is 4.52. The van der Waals surface area contributed by atoms with E-state index in [0.29, 0.717) is 0 Å². The van der Waals surface area contributed by atoms with Crippen molar-refractivity contribution in [3.05, 3.63) is 0 Å². The highest BCUT2D eigenvalue weighted by Gasteiger charge is 2.37. The zero-order valence-electron chi connectivity index (χ0n) is 7.91. The van der Waals surface area contributed by atoms with E-state index in [0.717, 1.165) is 0 Å². The number of hydrogen-bond acceptors (Lipinski definition) is 4. The molecule has 0 aliphatic rings. The van der Waals surface area contributed by atoms with E-state index in [1.165, 1.54) is 13.8 Å². The molecule has 14 heavy (non-hydrogen) atoms. The minimum absolute atomic E-state index is 0.452. The third-order valence-corrected chi connectivity index (χ3v) is 2.00. The van der Waals surface area contributed by atoms with Crippen LogP contribution in [0.15, 0.2) is 0 Å². The molecule has 0 radical (unpaired) electrons. The minimum atomic E-state index is -1.87. The van der Waals surface area contributed by atoms with Gasteiger partial charge in [-0.15, -0.1) is 0 Å². The van der Waals surface area contributed by atoms with Gasteiger partial charge in [0.1, 0.15) is 0 Å². The number of aliphatic hydroxyl groups excluding tert-OH is 2. The number of hydrogen-bond donors (Lipinski definition) is 4. The molecule has 0 fully saturated rings. The maximum atomic E-state index is 10.4. The Morgan fingerprint density at radius 3 is 1.36 bits per heavy atom. The van der Waals surface area contributed by atoms with Crippen molar-refractivity contribution in [1.82, 2.24) is 0 Å². The molecule has 0 aromatic heterocycles. The predicted octanol–water partition coefficient (Wildman–Crippen LogP) is -0.850. The molecular formula is C8H14O6. The molecule has 0 rings (SSSR count). The molecule has 0 saturated heterocycles. The lowest BCUT2D eigenvalue weighted by Gasteiger charge is -2.25. The van der Waals surface area contributed by atoms with Crippen molar-refractivity contribution in [2.45, 2.75) is 26.1 Å². The van der Waals surface area contributed by atoms with Crippen molar-refractivity contribution < 1.29 is 30.0 Å². The van der Waals surface area contributed by atoms with Gasteiger partial charge in [0.05, 0.1) is 0 Å². The molecule has 0 aliphatic heterocycles. The first-order valence-electron chi connectivity index (χ1n) is 4.10. The first kappa shape index (κ1) is 12.9. The molecule has 82 valence electrons. The fourth-order valence-corrected chi connectivity index (χ4v) is 1.23. The van der Waals surface area contributed by atoms with Crippen molar-refractivity contribution >= 4 is 11.9 Å². The second-order valence-corrected chi connectivity index (χ2v) is 3.39. The molecule has 0 aliphatic carbocycles. The summed E-state index contributed by atoms with van der Waals surface area (Å²) in [6, 6.07) is 0. The van der Waals surface area contributed by atoms with Crippen LogP contribution >= 0.6 is 0 Å². The van der Waals surface area contributed by atoms with Crippen LogP contribution in [0.5, 0.6) is 0 Å². The molecular weight excluding hydrogens is 192 g/mol. The van der Waals surface area contributed by atoms with Gasteiger partial charge >= 0.3 is 11.9 Å². The lowest BCUT2D eigenvalue weighted by molar-refractivity contribution is -0.163. The molecule has 0 aromatic rings. The molecule has 0 heterocycles. The van der Waals surface area contributed by atoms with E-state index in [1.54, 1.807) is 0 Å². The quantitative estimate of drug-likeness (QED) is 0.465. The van der Waals surface area contributed by atoms with E-state index in [4.69, 9.17) is 20.4 Å². The largest absolute Gasteiger partial charge is 0.479 e. The van der Waals surface area contributed by atoms with Crippen LogP contribution < -0.4 is 0 Å². The summed E-state index contributed by atoms with van der Waals surface area (Å²) in [6.45, 7) is 3.06. The summed E-state index contributed by atoms with van der Waals surface area (Å²) in [4.78, 5) is 20.8. The lowest BCUT2D eigenvalue weighted by Crippen LogP contribution is -2.44. The summed E-state index contributed by atoms with van der Waals surface area (Å²) in [6.07, 6.45) is -3.75. The summed E-state index contributed by atoms with van der Waals surface area (Å²) in [7, 11) is 0. The summed E-state index contributed by atoms with van der Waals surface area (Å²) in [5, 5.41) is 35.3. The van der Waals surface area contributed by atoms with E-state index < -0.39 is 36.0 Å². The Balaban J connectivity index is 4.76. The second-order valence-electron chi connectivity index (χ2n) is 3.39. The predicted molar refractivity (Wildman–Crippen MR) is 45.6 cm³/mol. The van der Waals surface area contributed by atoms with E-state index >= 15 is 0 Å². The number of carboxylic acid groups (broad SMARTS) is 2. The van der Waals surface area contributed by atoms with Crippen molar-refractivity contribution in [1.29, 1.82) is 0 Å². The van der Waals surface area contributed by atoms with Gasteiger partial charge in [-0.1, -0.05) is 13.8 Å². The normalized spacial score (nSPS) is 17.5. The summed E-state index contributed by atoms with van der Waals surface area (Å²) >= 11 is 0. The average molecular weight is 206 g/mol. The van der Waals surface area contributed by atoms with Crippen LogP contribution in [0, 0.1) is 11.8 Å². The first-order chi connectivity index (χ1) is 6.29. The first-order valence-corrected chi connectivity index (χ1v) is 4.10. The third kappa shape index (κ3) is 2.97. The highest BCUT2D eigenvalue weighted by atomic mass is 16.4. The highest BCUT2D eigenvalue weighted by molar-refractivity contribution is 5.77. The monoisotopic (exact) mass is 206 g/mol. The van der Waals surface area contributed by atoms with E-state index in [1.807, 2.05) is 0 Å². The van der Waals surface area contributed by atoms with Crippen LogP contribution in [0.3, 0.4) is 0 Å². The van der Waals surface area contributed by atoms with Gasteiger partial charge in [-0.05, 0) is 5.92 Å². The zero-order chi connectivity index (χ0) is 11.5. The van der Waals surface area contributed by atoms with Gasteiger partial charge in [-0.3, -0.25) is 0 Å². The molecule has 6 nitrogen and oxygen atoms in total. The summed E-state index contributed by atoms with van der Waals surface area (Å²) < 4.78 is 0. The number of aliphatic hydroxyl groups is 2. The molecule has 6 heteroatoms. The maximum Gasteiger partial charge on any atom is 0.332 e. The van der Waals surface area contributed by atoms with Crippen LogP contribution in [0.25, 0.3) is 0 Å². The topological polar surface area (TPSA) is 115 Å². The fraction of sp³-hybridized carbons (Fsp3) is 0.750. The van der Waals surface area contributed by atoms with Gasteiger partial charge < -0.3 is 20.4 Å². The van der Waals surface area contributed by atoms with E-state index in [9.17, 15) is 9.59 Å². The molecule has 4 N–H and O–H groups in total. The Morgan fingerprint density at radius 1 is 0.929 bits per heavy atom. The number of aliphatic carboxylic acids is 2. The number of carboxylic acids is 2. The van der Waals surface area contributed by atoms with Gasteiger partial charge in [0.15, 0.2) is 12.2 Å². The molecule has 0 aromatic carbocycles. The zero-order valence-corrected chi connectivity index (χ0v) is 7.91. The average Bonchev–Trinajstić information content (AvgIpc) is 2.03. The summed E-state index contributed by atoms with van der Waals surface area (Å²) in [5.74, 6) is -4.75. The Morgan fingerprint density at radius 2 is 1.21 bits per heavy atom. The Labute approximate surface area is 80.8 Å². The standard InChI is InChI=1S/C8H14O6/c1-3(2)4(5(9)7(11)12)6(10)8(13)14/h3-6,9-10H,1-2H3,(H,11,12)(H,13,14). The molecule has 0 bridgehead atoms. The smallest absolute Gasteiger partial charge is 0.332 e. The SMILES string of the molecule is CC(C)C(C(O)C(=O)O)C(O)C(=O)O. The minimum Gasteiger partial charge on any atom is -0.479 e. The van der Waals surface area contributed by atoms with Crippen molar-refractivity contribution in [2.24, 2.45) is 11.8 Å². The maximum absolute atomic E-state index is 10.4. The number of rotatable bonds is 5. The Bertz CT molecular complexity index is 204. The van der Waals surface area contributed by atoms with E-state index in [2.05, 4.69) is 0 Å². The van der Waals surface area contributed by atoms with Gasteiger partial charge in [-0.25, -0.2) is 9.59 Å². The molecule has 0 saturated carbocycles. The van der Waals surface area contributed by atoms with Crippen LogP contribution in [0.4, 0.5) is 0 Å². The van der Waals surface area contributed by atoms with Gasteiger partial charge in [-0.2, -0.15) is 0 Å². The van der Waals surface area contributed by atoms with Crippen LogP contribution in [0.1, 0.15) is 13.8 Å². The van der Waals surface area contributed by atoms with E-state index in [-0.39, 0.29) is 0 Å². The van der Waals surface area contributed by atoms with Gasteiger partial charge in [0, 0.05) is 5.92 Å². The van der Waals surface area contributed by atoms with Crippen LogP contribution in [-0.2, 0) is 9.59 Å². The fourth-order valence-electron chi connectivity index (χ4n) is 1.23. The molecule has 2 unspecified atom stereocenters. The number of carbonyl (C=O) groups is 2. The highest BCUT2D eigenvalue weighted by Crippen LogP contribution is 2.20. The van der Waals surface area contributed by atoms with Crippen molar-refractivity contribution in [2.75, 3.05) is 0 Å². The van der Waals surface area contributed by atoms with Gasteiger partial charge in [0.25, 0.3) is 0 Å². The van der Waals surface area contributed by atoms with Crippen LogP contribution in [0.2, 0.25) is 0 Å². The third-order valence-electron chi connectivity index (χ3n) is 2.00.